The smallest absolute Gasteiger partial charge is 0.224 e. The van der Waals surface area contributed by atoms with E-state index in [2.05, 4.69) is 15.0 Å². The van der Waals surface area contributed by atoms with Gasteiger partial charge in [0.05, 0.1) is 5.56 Å². The molecular weight excluding hydrogens is 312 g/mol. The van der Waals surface area contributed by atoms with E-state index in [1.807, 2.05) is 18.2 Å². The average Bonchev–Trinajstić information content (AvgIpc) is 2.54. The van der Waals surface area contributed by atoms with Crippen molar-refractivity contribution >= 4 is 29.7 Å². The lowest BCUT2D eigenvalue weighted by molar-refractivity contribution is 0.477. The Morgan fingerprint density at radius 1 is 0.913 bits per heavy atom. The Bertz CT molecular complexity index is 880. The van der Waals surface area contributed by atoms with Crippen LogP contribution in [0.5, 0.6) is 5.75 Å². The fourth-order valence-electron chi connectivity index (χ4n) is 2.04. The molecule has 3 rings (SSSR count). The summed E-state index contributed by atoms with van der Waals surface area (Å²) in [6, 6.07) is 14.2. The molecule has 1 aromatic heterocycles. The van der Waals surface area contributed by atoms with Gasteiger partial charge in [-0.1, -0.05) is 41.9 Å². The summed E-state index contributed by atoms with van der Waals surface area (Å²) in [5.74, 6) is 0.862. The topological polar surface area (TPSA) is 84.9 Å². The number of hydrogen-bond donors (Lipinski definition) is 2. The largest absolute Gasteiger partial charge is 0.507 e. The molecule has 0 radical (unpaired) electrons. The van der Waals surface area contributed by atoms with Gasteiger partial charge in [-0.25, -0.2) is 4.98 Å². The Labute approximate surface area is 138 Å². The Hall–Kier alpha value is -2.92. The molecule has 0 unspecified atom stereocenters. The number of nitrogens with two attached hydrogens (primary N) is 1. The van der Waals surface area contributed by atoms with Crippen LogP contribution in [0, 0.1) is 0 Å². The Morgan fingerprint density at radius 3 is 2.43 bits per heavy atom. The Kier molecular flexibility index (Phi) is 4.21. The molecule has 0 atom stereocenters. The minimum atomic E-state index is 0.0806. The average molecular weight is 325 g/mol. The predicted octanol–water partition coefficient (Wildman–Crippen LogP) is 3.65. The van der Waals surface area contributed by atoms with Crippen LogP contribution < -0.4 is 5.73 Å². The van der Waals surface area contributed by atoms with Crippen LogP contribution in [-0.2, 0) is 0 Å². The van der Waals surface area contributed by atoms with Crippen molar-refractivity contribution in [3.05, 3.63) is 64.9 Å². The van der Waals surface area contributed by atoms with Gasteiger partial charge in [0.15, 0.2) is 11.6 Å². The standard InChI is InChI=1S/C17H13ClN4O/c18-13-7-3-1-5-11(13)9-10-15-20-16(22-17(19)21-15)12-6-2-4-8-14(12)23/h1-10,23H,(H2,19,20,21,22). The van der Waals surface area contributed by atoms with E-state index in [4.69, 9.17) is 17.3 Å². The zero-order valence-corrected chi connectivity index (χ0v) is 12.8. The molecule has 0 amide bonds. The van der Waals surface area contributed by atoms with Crippen molar-refractivity contribution in [2.24, 2.45) is 0 Å². The van der Waals surface area contributed by atoms with Crippen LogP contribution in [-0.4, -0.2) is 20.1 Å². The van der Waals surface area contributed by atoms with Crippen molar-refractivity contribution in [3.8, 4) is 17.1 Å². The molecule has 0 saturated carbocycles. The normalized spacial score (nSPS) is 11.0. The van der Waals surface area contributed by atoms with Crippen LogP contribution in [0.1, 0.15) is 11.4 Å². The van der Waals surface area contributed by atoms with E-state index in [-0.39, 0.29) is 11.7 Å². The van der Waals surface area contributed by atoms with E-state index in [9.17, 15) is 5.11 Å². The maximum Gasteiger partial charge on any atom is 0.224 e. The van der Waals surface area contributed by atoms with E-state index in [1.165, 1.54) is 0 Å². The summed E-state index contributed by atoms with van der Waals surface area (Å²) in [6.07, 6.45) is 3.49. The number of hydrogen-bond acceptors (Lipinski definition) is 5. The molecule has 3 aromatic rings. The highest BCUT2D eigenvalue weighted by Crippen LogP contribution is 2.26. The van der Waals surface area contributed by atoms with Gasteiger partial charge in [0, 0.05) is 5.02 Å². The maximum atomic E-state index is 9.91. The van der Waals surface area contributed by atoms with Gasteiger partial charge in [0.1, 0.15) is 5.75 Å². The number of aromatic hydroxyl groups is 1. The lowest BCUT2D eigenvalue weighted by atomic mass is 10.2. The summed E-state index contributed by atoms with van der Waals surface area (Å²) in [5, 5.41) is 10.5. The van der Waals surface area contributed by atoms with E-state index < -0.39 is 0 Å². The number of anilines is 1. The second kappa shape index (κ2) is 6.46. The fraction of sp³-hybridized carbons (Fsp3) is 0. The molecule has 2 aromatic carbocycles. The molecular formula is C17H13ClN4O. The first-order chi connectivity index (χ1) is 11.1. The van der Waals surface area contributed by atoms with Crippen LogP contribution in [0.2, 0.25) is 5.02 Å². The number of rotatable bonds is 3. The van der Waals surface area contributed by atoms with Gasteiger partial charge in [-0.05, 0) is 35.9 Å². The molecule has 23 heavy (non-hydrogen) atoms. The lowest BCUT2D eigenvalue weighted by Crippen LogP contribution is -2.02. The number of benzene rings is 2. The maximum absolute atomic E-state index is 9.91. The Balaban J connectivity index is 1.99. The van der Waals surface area contributed by atoms with Crippen LogP contribution in [0.15, 0.2) is 48.5 Å². The second-order valence-electron chi connectivity index (χ2n) is 4.75. The monoisotopic (exact) mass is 324 g/mol. The lowest BCUT2D eigenvalue weighted by Gasteiger charge is -2.04. The molecule has 5 nitrogen and oxygen atoms in total. The number of nitrogens with zero attached hydrogens (tertiary/aromatic N) is 3. The molecule has 0 saturated heterocycles. The SMILES string of the molecule is Nc1nc(C=Cc2ccccc2Cl)nc(-c2ccccc2O)n1. The van der Waals surface area contributed by atoms with E-state index in [1.54, 1.807) is 42.5 Å². The number of nitrogen functional groups attached to an aromatic ring is 1. The zero-order chi connectivity index (χ0) is 16.2. The van der Waals surface area contributed by atoms with Crippen molar-refractivity contribution in [1.82, 2.24) is 15.0 Å². The molecule has 0 aliphatic carbocycles. The fourth-order valence-corrected chi connectivity index (χ4v) is 2.24. The number of phenolic OH excluding ortho intramolecular Hbond substituents is 1. The van der Waals surface area contributed by atoms with Crippen molar-refractivity contribution in [2.75, 3.05) is 5.73 Å². The number of halogens is 1. The molecule has 0 bridgehead atoms. The van der Waals surface area contributed by atoms with Gasteiger partial charge in [-0.15, -0.1) is 0 Å². The van der Waals surface area contributed by atoms with Gasteiger partial charge in [0.2, 0.25) is 5.95 Å². The van der Waals surface area contributed by atoms with Crippen LogP contribution in [0.4, 0.5) is 5.95 Å². The molecule has 0 aliphatic rings. The highest BCUT2D eigenvalue weighted by atomic mass is 35.5. The highest BCUT2D eigenvalue weighted by Gasteiger charge is 2.09. The molecule has 3 N–H and O–H groups in total. The summed E-state index contributed by atoms with van der Waals surface area (Å²) >= 11 is 6.11. The molecule has 0 aliphatic heterocycles. The van der Waals surface area contributed by atoms with Crippen LogP contribution in [0.25, 0.3) is 23.5 Å². The van der Waals surface area contributed by atoms with Gasteiger partial charge >= 0.3 is 0 Å². The predicted molar refractivity (Wildman–Crippen MR) is 91.7 cm³/mol. The molecule has 6 heteroatoms. The first-order valence-electron chi connectivity index (χ1n) is 6.86. The van der Waals surface area contributed by atoms with Crippen molar-refractivity contribution < 1.29 is 5.11 Å². The first-order valence-corrected chi connectivity index (χ1v) is 7.24. The van der Waals surface area contributed by atoms with Crippen molar-refractivity contribution in [2.45, 2.75) is 0 Å². The molecule has 114 valence electrons. The quantitative estimate of drug-likeness (QED) is 0.768. The minimum absolute atomic E-state index is 0.0806. The molecule has 0 fully saturated rings. The van der Waals surface area contributed by atoms with Crippen LogP contribution >= 0.6 is 11.6 Å². The molecule has 0 spiro atoms. The summed E-state index contributed by atoms with van der Waals surface area (Å²) in [5.41, 5.74) is 7.08. The number of para-hydroxylation sites is 1. The summed E-state index contributed by atoms with van der Waals surface area (Å²) < 4.78 is 0. The Morgan fingerprint density at radius 2 is 1.65 bits per heavy atom. The van der Waals surface area contributed by atoms with Gasteiger partial charge in [-0.3, -0.25) is 0 Å². The van der Waals surface area contributed by atoms with E-state index >= 15 is 0 Å². The minimum Gasteiger partial charge on any atom is -0.507 e. The number of phenols is 1. The van der Waals surface area contributed by atoms with E-state index in [0.29, 0.717) is 22.2 Å². The van der Waals surface area contributed by atoms with Crippen LogP contribution in [0.3, 0.4) is 0 Å². The molecule has 1 heterocycles. The summed E-state index contributed by atoms with van der Waals surface area (Å²) in [4.78, 5) is 12.5. The first kappa shape index (κ1) is 15.0. The second-order valence-corrected chi connectivity index (χ2v) is 5.15. The van der Waals surface area contributed by atoms with Crippen molar-refractivity contribution in [3.63, 3.8) is 0 Å². The van der Waals surface area contributed by atoms with Gasteiger partial charge in [-0.2, -0.15) is 9.97 Å². The van der Waals surface area contributed by atoms with E-state index in [0.717, 1.165) is 5.56 Å². The summed E-state index contributed by atoms with van der Waals surface area (Å²) in [7, 11) is 0. The number of aromatic nitrogens is 3. The summed E-state index contributed by atoms with van der Waals surface area (Å²) in [6.45, 7) is 0. The third-order valence-electron chi connectivity index (χ3n) is 3.13. The van der Waals surface area contributed by atoms with Gasteiger partial charge < -0.3 is 10.8 Å². The van der Waals surface area contributed by atoms with Crippen molar-refractivity contribution in [1.29, 1.82) is 0 Å². The zero-order valence-electron chi connectivity index (χ0n) is 12.0. The van der Waals surface area contributed by atoms with Gasteiger partial charge in [0.25, 0.3) is 0 Å². The third-order valence-corrected chi connectivity index (χ3v) is 3.48. The third kappa shape index (κ3) is 3.46. The highest BCUT2D eigenvalue weighted by molar-refractivity contribution is 6.32.